The van der Waals surface area contributed by atoms with E-state index in [0.717, 1.165) is 32.5 Å². The summed E-state index contributed by atoms with van der Waals surface area (Å²) in [5, 5.41) is 6.23. The zero-order chi connectivity index (χ0) is 11.4. The molecule has 1 saturated carbocycles. The molecule has 0 saturated heterocycles. The molecule has 0 radical (unpaired) electrons. The van der Waals surface area contributed by atoms with Crippen molar-refractivity contribution in [1.29, 1.82) is 0 Å². The fourth-order valence-electron chi connectivity index (χ4n) is 1.66. The second-order valence-electron chi connectivity index (χ2n) is 4.43. The van der Waals surface area contributed by atoms with Crippen LogP contribution in [0.25, 0.3) is 0 Å². The molecule has 1 fully saturated rings. The van der Waals surface area contributed by atoms with Gasteiger partial charge in [-0.05, 0) is 24.5 Å². The number of carbonyl (C=O) groups is 1. The van der Waals surface area contributed by atoms with E-state index in [9.17, 15) is 4.79 Å². The Hall–Kier alpha value is -1.29. The highest BCUT2D eigenvalue weighted by Crippen LogP contribution is 2.28. The number of amides is 1. The highest BCUT2D eigenvalue weighted by atomic mass is 16.2. The fraction of sp³-hybridized carbons (Fsp3) is 0.583. The number of aryl methyl sites for hydroxylation is 1. The van der Waals surface area contributed by atoms with Crippen LogP contribution in [-0.2, 0) is 18.4 Å². The Kier molecular flexibility index (Phi) is 3.62. The average Bonchev–Trinajstić information content (AvgIpc) is 3.03. The van der Waals surface area contributed by atoms with Crippen LogP contribution in [0.4, 0.5) is 0 Å². The van der Waals surface area contributed by atoms with Crippen LogP contribution in [-0.4, -0.2) is 23.6 Å². The number of carbonyl (C=O) groups excluding carboxylic acids is 1. The van der Waals surface area contributed by atoms with Gasteiger partial charge in [0.15, 0.2) is 0 Å². The van der Waals surface area contributed by atoms with Crippen LogP contribution >= 0.6 is 0 Å². The van der Waals surface area contributed by atoms with Crippen molar-refractivity contribution >= 4 is 5.91 Å². The largest absolute Gasteiger partial charge is 0.357 e. The molecule has 16 heavy (non-hydrogen) atoms. The van der Waals surface area contributed by atoms with Crippen molar-refractivity contribution in [2.45, 2.75) is 19.4 Å². The maximum absolute atomic E-state index is 11.3. The first-order valence-corrected chi connectivity index (χ1v) is 5.85. The Morgan fingerprint density at radius 3 is 2.94 bits per heavy atom. The minimum Gasteiger partial charge on any atom is -0.357 e. The van der Waals surface area contributed by atoms with E-state index in [2.05, 4.69) is 22.9 Å². The first-order valence-electron chi connectivity index (χ1n) is 5.85. The number of nitrogens with zero attached hydrogens (tertiary/aromatic N) is 1. The molecule has 0 unspecified atom stereocenters. The van der Waals surface area contributed by atoms with Crippen molar-refractivity contribution in [3.63, 3.8) is 0 Å². The number of hydrogen-bond acceptors (Lipinski definition) is 2. The summed E-state index contributed by atoms with van der Waals surface area (Å²) in [4.78, 5) is 11.3. The van der Waals surface area contributed by atoms with E-state index in [0.29, 0.717) is 5.92 Å². The predicted octanol–water partition coefficient (Wildman–Crippen LogP) is 0.641. The van der Waals surface area contributed by atoms with Gasteiger partial charge in [-0.2, -0.15) is 0 Å². The van der Waals surface area contributed by atoms with E-state index < -0.39 is 0 Å². The summed E-state index contributed by atoms with van der Waals surface area (Å²) in [6, 6.07) is 2.09. The summed E-state index contributed by atoms with van der Waals surface area (Å²) in [5.74, 6) is 0.538. The quantitative estimate of drug-likeness (QED) is 0.693. The van der Waals surface area contributed by atoms with Gasteiger partial charge < -0.3 is 15.2 Å². The highest BCUT2D eigenvalue weighted by Gasteiger charge is 2.28. The van der Waals surface area contributed by atoms with Crippen molar-refractivity contribution in [2.24, 2.45) is 13.0 Å². The smallest absolute Gasteiger partial charge is 0.223 e. The molecule has 0 bridgehead atoms. The summed E-state index contributed by atoms with van der Waals surface area (Å²) in [5.41, 5.74) is 1.27. The van der Waals surface area contributed by atoms with Gasteiger partial charge in [-0.15, -0.1) is 0 Å². The molecule has 2 rings (SSSR count). The monoisotopic (exact) mass is 221 g/mol. The van der Waals surface area contributed by atoms with Crippen molar-refractivity contribution in [3.05, 3.63) is 24.0 Å². The molecule has 0 spiro atoms. The Labute approximate surface area is 96.0 Å². The lowest BCUT2D eigenvalue weighted by molar-refractivity contribution is -0.122. The standard InChI is InChI=1S/C12H19N3O/c1-15-7-4-10(9-15)8-13-5-6-14-12(16)11-2-3-11/h4,7,9,11,13H,2-3,5-6,8H2,1H3,(H,14,16). The molecule has 1 aromatic rings. The Morgan fingerprint density at radius 1 is 1.50 bits per heavy atom. The predicted molar refractivity (Wildman–Crippen MR) is 62.9 cm³/mol. The summed E-state index contributed by atoms with van der Waals surface area (Å²) < 4.78 is 2.03. The Balaban J connectivity index is 1.53. The van der Waals surface area contributed by atoms with Gasteiger partial charge in [0, 0.05) is 45.0 Å². The zero-order valence-electron chi connectivity index (χ0n) is 9.70. The lowest BCUT2D eigenvalue weighted by Gasteiger charge is -2.05. The van der Waals surface area contributed by atoms with Crippen LogP contribution in [0.15, 0.2) is 18.5 Å². The third-order valence-electron chi connectivity index (χ3n) is 2.77. The fourth-order valence-corrected chi connectivity index (χ4v) is 1.66. The lowest BCUT2D eigenvalue weighted by Crippen LogP contribution is -2.32. The number of hydrogen-bond donors (Lipinski definition) is 2. The van der Waals surface area contributed by atoms with Crippen molar-refractivity contribution in [1.82, 2.24) is 15.2 Å². The molecule has 4 heteroatoms. The molecule has 2 N–H and O–H groups in total. The summed E-state index contributed by atoms with van der Waals surface area (Å²) in [7, 11) is 2.01. The summed E-state index contributed by atoms with van der Waals surface area (Å²) >= 11 is 0. The Morgan fingerprint density at radius 2 is 2.31 bits per heavy atom. The first kappa shape index (κ1) is 11.2. The van der Waals surface area contributed by atoms with Crippen molar-refractivity contribution < 1.29 is 4.79 Å². The zero-order valence-corrected chi connectivity index (χ0v) is 9.70. The molecular formula is C12H19N3O. The molecular weight excluding hydrogens is 202 g/mol. The number of rotatable bonds is 6. The van der Waals surface area contributed by atoms with Crippen LogP contribution in [0, 0.1) is 5.92 Å². The lowest BCUT2D eigenvalue weighted by atomic mass is 10.3. The van der Waals surface area contributed by atoms with Crippen molar-refractivity contribution in [3.8, 4) is 0 Å². The van der Waals surface area contributed by atoms with Crippen LogP contribution in [0.3, 0.4) is 0 Å². The van der Waals surface area contributed by atoms with Gasteiger partial charge in [-0.1, -0.05) is 0 Å². The third kappa shape index (κ3) is 3.38. The number of aromatic nitrogens is 1. The number of nitrogens with one attached hydrogen (secondary N) is 2. The molecule has 0 aromatic carbocycles. The van der Waals surface area contributed by atoms with Gasteiger partial charge in [-0.25, -0.2) is 0 Å². The van der Waals surface area contributed by atoms with Gasteiger partial charge in [0.1, 0.15) is 0 Å². The summed E-state index contributed by atoms with van der Waals surface area (Å²) in [6.45, 7) is 2.41. The van der Waals surface area contributed by atoms with E-state index in [-0.39, 0.29) is 5.91 Å². The second kappa shape index (κ2) is 5.16. The van der Waals surface area contributed by atoms with Gasteiger partial charge in [-0.3, -0.25) is 4.79 Å². The summed E-state index contributed by atoms with van der Waals surface area (Å²) in [6.07, 6.45) is 6.27. The van der Waals surface area contributed by atoms with E-state index in [4.69, 9.17) is 0 Å². The molecule has 1 heterocycles. The topological polar surface area (TPSA) is 46.1 Å². The van der Waals surface area contributed by atoms with Crippen molar-refractivity contribution in [2.75, 3.05) is 13.1 Å². The molecule has 1 aliphatic carbocycles. The van der Waals surface area contributed by atoms with E-state index in [1.165, 1.54) is 5.56 Å². The SMILES string of the molecule is Cn1ccc(CNCCNC(=O)C2CC2)c1. The van der Waals surface area contributed by atoms with Crippen LogP contribution in [0.2, 0.25) is 0 Å². The second-order valence-corrected chi connectivity index (χ2v) is 4.43. The van der Waals surface area contributed by atoms with Gasteiger partial charge >= 0.3 is 0 Å². The van der Waals surface area contributed by atoms with Gasteiger partial charge in [0.25, 0.3) is 0 Å². The minimum absolute atomic E-state index is 0.224. The van der Waals surface area contributed by atoms with E-state index in [1.807, 2.05) is 17.8 Å². The molecule has 4 nitrogen and oxygen atoms in total. The molecule has 0 aliphatic heterocycles. The van der Waals surface area contributed by atoms with Gasteiger partial charge in [0.05, 0.1) is 0 Å². The highest BCUT2D eigenvalue weighted by molar-refractivity contribution is 5.80. The minimum atomic E-state index is 0.224. The normalized spacial score (nSPS) is 15.1. The van der Waals surface area contributed by atoms with E-state index >= 15 is 0 Å². The Bertz CT molecular complexity index is 355. The van der Waals surface area contributed by atoms with Crippen LogP contribution < -0.4 is 10.6 Å². The molecule has 0 atom stereocenters. The molecule has 1 aromatic heterocycles. The van der Waals surface area contributed by atoms with Gasteiger partial charge in [0.2, 0.25) is 5.91 Å². The third-order valence-corrected chi connectivity index (χ3v) is 2.77. The molecule has 88 valence electrons. The first-order chi connectivity index (χ1) is 7.75. The van der Waals surface area contributed by atoms with Crippen LogP contribution in [0.5, 0.6) is 0 Å². The van der Waals surface area contributed by atoms with Crippen LogP contribution in [0.1, 0.15) is 18.4 Å². The molecule has 1 aliphatic rings. The van der Waals surface area contributed by atoms with E-state index in [1.54, 1.807) is 0 Å². The maximum atomic E-state index is 11.3. The maximum Gasteiger partial charge on any atom is 0.223 e. The molecule has 1 amide bonds. The average molecular weight is 221 g/mol.